The number of carbonyl (C=O) groups is 2. The van der Waals surface area contributed by atoms with Gasteiger partial charge in [0.25, 0.3) is 0 Å². The highest BCUT2D eigenvalue weighted by atomic mass is 16.5. The van der Waals surface area contributed by atoms with Gasteiger partial charge in [0.05, 0.1) is 0 Å². The van der Waals surface area contributed by atoms with Gasteiger partial charge in [-0.15, -0.1) is 0 Å². The molecule has 0 radical (unpaired) electrons. The molecule has 0 spiro atoms. The Kier molecular flexibility index (Phi) is 4.56. The summed E-state index contributed by atoms with van der Waals surface area (Å²) in [4.78, 5) is 27.1. The van der Waals surface area contributed by atoms with Gasteiger partial charge in [0.1, 0.15) is 0 Å². The number of carbonyl (C=O) groups excluding carboxylic acids is 2. The van der Waals surface area contributed by atoms with Gasteiger partial charge in [0.15, 0.2) is 6.61 Å². The van der Waals surface area contributed by atoms with Crippen LogP contribution in [-0.2, 0) is 9.53 Å². The van der Waals surface area contributed by atoms with Crippen molar-refractivity contribution in [3.05, 3.63) is 36.0 Å². The lowest BCUT2D eigenvalue weighted by Gasteiger charge is -2.20. The van der Waals surface area contributed by atoms with Gasteiger partial charge in [-0.05, 0) is 24.8 Å². The SMILES string of the molecule is O=C(CC1CCCCC1)OCC(=O)c1c[nH]c2ccccc12. The quantitative estimate of drug-likeness (QED) is 0.673. The highest BCUT2D eigenvalue weighted by molar-refractivity contribution is 6.08. The number of para-hydroxylation sites is 1. The van der Waals surface area contributed by atoms with Crippen LogP contribution in [0.4, 0.5) is 0 Å². The Hall–Kier alpha value is -2.10. The molecule has 3 rings (SSSR count). The molecule has 1 fully saturated rings. The van der Waals surface area contributed by atoms with Crippen LogP contribution in [0.15, 0.2) is 30.5 Å². The van der Waals surface area contributed by atoms with Crippen molar-refractivity contribution in [3.63, 3.8) is 0 Å². The zero-order valence-electron chi connectivity index (χ0n) is 12.6. The van der Waals surface area contributed by atoms with Crippen LogP contribution in [0.2, 0.25) is 0 Å². The minimum atomic E-state index is -0.250. The van der Waals surface area contributed by atoms with E-state index >= 15 is 0 Å². The second-order valence-corrected chi connectivity index (χ2v) is 6.04. The second-order valence-electron chi connectivity index (χ2n) is 6.04. The number of fused-ring (bicyclic) bond motifs is 1. The highest BCUT2D eigenvalue weighted by Gasteiger charge is 2.19. The molecule has 4 heteroatoms. The average molecular weight is 299 g/mol. The number of nitrogens with one attached hydrogen (secondary N) is 1. The maximum absolute atomic E-state index is 12.2. The van der Waals surface area contributed by atoms with Crippen LogP contribution in [0.25, 0.3) is 10.9 Å². The normalized spacial score (nSPS) is 15.8. The molecule has 1 aliphatic rings. The topological polar surface area (TPSA) is 59.2 Å². The summed E-state index contributed by atoms with van der Waals surface area (Å²) in [6.07, 6.45) is 8.00. The van der Waals surface area contributed by atoms with Gasteiger partial charge in [-0.1, -0.05) is 37.5 Å². The third-order valence-electron chi connectivity index (χ3n) is 4.43. The van der Waals surface area contributed by atoms with Gasteiger partial charge < -0.3 is 9.72 Å². The van der Waals surface area contributed by atoms with Crippen LogP contribution in [0.5, 0.6) is 0 Å². The van der Waals surface area contributed by atoms with Gasteiger partial charge in [0.2, 0.25) is 5.78 Å². The third-order valence-corrected chi connectivity index (χ3v) is 4.43. The molecule has 0 unspecified atom stereocenters. The number of esters is 1. The van der Waals surface area contributed by atoms with E-state index in [0.717, 1.165) is 23.7 Å². The summed E-state index contributed by atoms with van der Waals surface area (Å²) in [5.41, 5.74) is 1.50. The molecule has 0 bridgehead atoms. The van der Waals surface area contributed by atoms with Gasteiger partial charge in [-0.3, -0.25) is 9.59 Å². The van der Waals surface area contributed by atoms with Crippen LogP contribution in [-0.4, -0.2) is 23.3 Å². The van der Waals surface area contributed by atoms with Crippen molar-refractivity contribution in [2.24, 2.45) is 5.92 Å². The fraction of sp³-hybridized carbons (Fsp3) is 0.444. The zero-order chi connectivity index (χ0) is 15.4. The molecule has 4 nitrogen and oxygen atoms in total. The summed E-state index contributed by atoms with van der Waals surface area (Å²) in [6, 6.07) is 7.61. The predicted octanol–water partition coefficient (Wildman–Crippen LogP) is 3.86. The van der Waals surface area contributed by atoms with Crippen molar-refractivity contribution in [1.82, 2.24) is 4.98 Å². The predicted molar refractivity (Wildman–Crippen MR) is 84.8 cm³/mol. The highest BCUT2D eigenvalue weighted by Crippen LogP contribution is 2.26. The van der Waals surface area contributed by atoms with E-state index in [1.165, 1.54) is 19.3 Å². The van der Waals surface area contributed by atoms with E-state index in [1.807, 2.05) is 24.3 Å². The van der Waals surface area contributed by atoms with Crippen LogP contribution < -0.4 is 0 Å². The molecular weight excluding hydrogens is 278 g/mol. The second kappa shape index (κ2) is 6.77. The van der Waals surface area contributed by atoms with E-state index in [0.29, 0.717) is 17.9 Å². The Morgan fingerprint density at radius 1 is 1.14 bits per heavy atom. The van der Waals surface area contributed by atoms with Crippen molar-refractivity contribution >= 4 is 22.7 Å². The fourth-order valence-corrected chi connectivity index (χ4v) is 3.21. The van der Waals surface area contributed by atoms with Crippen LogP contribution in [0, 0.1) is 5.92 Å². The van der Waals surface area contributed by atoms with E-state index in [-0.39, 0.29) is 18.4 Å². The van der Waals surface area contributed by atoms with Crippen molar-refractivity contribution in [2.75, 3.05) is 6.61 Å². The van der Waals surface area contributed by atoms with Crippen LogP contribution in [0.1, 0.15) is 48.9 Å². The minimum Gasteiger partial charge on any atom is -0.457 e. The zero-order valence-corrected chi connectivity index (χ0v) is 12.6. The molecule has 1 aromatic heterocycles. The monoisotopic (exact) mass is 299 g/mol. The van der Waals surface area contributed by atoms with Gasteiger partial charge >= 0.3 is 5.97 Å². The number of ketones is 1. The van der Waals surface area contributed by atoms with Crippen molar-refractivity contribution in [3.8, 4) is 0 Å². The molecule has 22 heavy (non-hydrogen) atoms. The van der Waals surface area contributed by atoms with Crippen LogP contribution in [0.3, 0.4) is 0 Å². The molecule has 0 atom stereocenters. The first-order chi connectivity index (χ1) is 10.7. The molecule has 1 N–H and O–H groups in total. The standard InChI is InChI=1S/C18H21NO3/c20-17(15-11-19-16-9-5-4-8-14(15)16)12-22-18(21)10-13-6-2-1-3-7-13/h4-5,8-9,11,13,19H,1-3,6-7,10,12H2. The number of aromatic amines is 1. The summed E-state index contributed by atoms with van der Waals surface area (Å²) in [7, 11) is 0. The number of ether oxygens (including phenoxy) is 1. The molecule has 0 aliphatic heterocycles. The summed E-state index contributed by atoms with van der Waals surface area (Å²) in [5.74, 6) is 0.0268. The van der Waals surface area contributed by atoms with Crippen LogP contribution >= 0.6 is 0 Å². The number of H-pyrrole nitrogens is 1. The smallest absolute Gasteiger partial charge is 0.306 e. The number of hydrogen-bond donors (Lipinski definition) is 1. The fourth-order valence-electron chi connectivity index (χ4n) is 3.21. The van der Waals surface area contributed by atoms with Crippen molar-refractivity contribution in [2.45, 2.75) is 38.5 Å². The maximum Gasteiger partial charge on any atom is 0.306 e. The Bertz CT molecular complexity index is 668. The van der Waals surface area contributed by atoms with E-state index in [4.69, 9.17) is 4.74 Å². The third kappa shape index (κ3) is 3.38. The molecule has 1 saturated carbocycles. The van der Waals surface area contributed by atoms with Gasteiger partial charge in [-0.2, -0.15) is 0 Å². The Labute approximate surface area is 129 Å². The first-order valence-electron chi connectivity index (χ1n) is 7.99. The molecular formula is C18H21NO3. The Morgan fingerprint density at radius 3 is 2.73 bits per heavy atom. The van der Waals surface area contributed by atoms with E-state index in [9.17, 15) is 9.59 Å². The molecule has 2 aromatic rings. The summed E-state index contributed by atoms with van der Waals surface area (Å²) >= 11 is 0. The largest absolute Gasteiger partial charge is 0.457 e. The van der Waals surface area contributed by atoms with E-state index in [2.05, 4.69) is 4.98 Å². The summed E-state index contributed by atoms with van der Waals surface area (Å²) in [6.45, 7) is -0.173. The number of benzene rings is 1. The lowest BCUT2D eigenvalue weighted by Crippen LogP contribution is -2.18. The molecule has 116 valence electrons. The molecule has 1 heterocycles. The summed E-state index contributed by atoms with van der Waals surface area (Å²) < 4.78 is 5.18. The van der Waals surface area contributed by atoms with E-state index < -0.39 is 0 Å². The molecule has 0 saturated heterocycles. The van der Waals surface area contributed by atoms with Gasteiger partial charge in [0, 0.05) is 29.1 Å². The molecule has 1 aromatic carbocycles. The number of Topliss-reactive ketones (excluding diaryl/α,β-unsaturated/α-hetero) is 1. The van der Waals surface area contributed by atoms with Crippen molar-refractivity contribution in [1.29, 1.82) is 0 Å². The Balaban J connectivity index is 1.54. The lowest BCUT2D eigenvalue weighted by atomic mass is 9.87. The first kappa shape index (κ1) is 14.8. The number of hydrogen-bond acceptors (Lipinski definition) is 3. The van der Waals surface area contributed by atoms with Gasteiger partial charge in [-0.25, -0.2) is 0 Å². The molecule has 0 amide bonds. The van der Waals surface area contributed by atoms with Crippen molar-refractivity contribution < 1.29 is 14.3 Å². The minimum absolute atomic E-state index is 0.158. The Morgan fingerprint density at radius 2 is 1.91 bits per heavy atom. The molecule has 1 aliphatic carbocycles. The maximum atomic E-state index is 12.2. The summed E-state index contributed by atoms with van der Waals surface area (Å²) in [5, 5.41) is 0.871. The van der Waals surface area contributed by atoms with E-state index in [1.54, 1.807) is 6.20 Å². The average Bonchev–Trinajstić information content (AvgIpc) is 2.98. The lowest BCUT2D eigenvalue weighted by molar-refractivity contribution is -0.143. The number of aromatic nitrogens is 1. The first-order valence-corrected chi connectivity index (χ1v) is 7.99. The number of rotatable bonds is 5.